The minimum Gasteiger partial charge on any atom is -0.465 e. The number of ether oxygens (including phenoxy) is 1. The summed E-state index contributed by atoms with van der Waals surface area (Å²) in [6.07, 6.45) is 2.40. The van der Waals surface area contributed by atoms with E-state index in [1.54, 1.807) is 111 Å². The lowest BCUT2D eigenvalue weighted by atomic mass is 10.1. The molecule has 2 saturated heterocycles. The highest BCUT2D eigenvalue weighted by Gasteiger charge is 2.31. The summed E-state index contributed by atoms with van der Waals surface area (Å²) >= 11 is 0. The van der Waals surface area contributed by atoms with Crippen LogP contribution in [0.2, 0.25) is 0 Å². The molecule has 2 N–H and O–H groups in total. The molecule has 0 aromatic heterocycles. The summed E-state index contributed by atoms with van der Waals surface area (Å²) in [5.74, 6) is -0.637. The number of anilines is 2. The second kappa shape index (κ2) is 25.0. The number of likely N-dealkylation sites (N-methyl/N-ethyl adjacent to an activating group) is 2. The molecule has 0 aliphatic carbocycles. The number of hydrogen-bond donors (Lipinski definition) is 1. The summed E-state index contributed by atoms with van der Waals surface area (Å²) < 4.78 is 114. The third kappa shape index (κ3) is 15.6. The lowest BCUT2D eigenvalue weighted by Gasteiger charge is -2.35. The van der Waals surface area contributed by atoms with Crippen LogP contribution >= 0.6 is 0 Å². The molecule has 2 heterocycles. The van der Waals surface area contributed by atoms with Gasteiger partial charge in [-0.05, 0) is 47.5 Å². The van der Waals surface area contributed by atoms with Gasteiger partial charge in [0.15, 0.2) is 5.78 Å². The summed E-state index contributed by atoms with van der Waals surface area (Å²) in [7, 11) is -9.79. The number of rotatable bonds is 21. The van der Waals surface area contributed by atoms with Gasteiger partial charge in [-0.1, -0.05) is 72.8 Å². The molecule has 6 rings (SSSR count). The molecule has 2 aliphatic heterocycles. The first kappa shape index (κ1) is 56.1. The van der Waals surface area contributed by atoms with Gasteiger partial charge in [-0.15, -0.1) is 0 Å². The Bertz CT molecular complexity index is 2590. The molecule has 0 radical (unpaired) electrons. The summed E-state index contributed by atoms with van der Waals surface area (Å²) in [6, 6.07) is 31.1. The number of nitrogens with two attached hydrogens (primary N) is 1. The number of para-hydroxylation sites is 2. The molecule has 2 aliphatic rings. The summed E-state index contributed by atoms with van der Waals surface area (Å²) in [4.78, 5) is 27.7. The Labute approximate surface area is 414 Å². The van der Waals surface area contributed by atoms with Crippen molar-refractivity contribution in [3.05, 3.63) is 131 Å². The van der Waals surface area contributed by atoms with Crippen molar-refractivity contribution < 1.29 is 48.0 Å². The maximum absolute atomic E-state index is 13.6. The van der Waals surface area contributed by atoms with Crippen LogP contribution in [0.25, 0.3) is 0 Å². The van der Waals surface area contributed by atoms with Crippen molar-refractivity contribution in [1.29, 1.82) is 0 Å². The van der Waals surface area contributed by atoms with Crippen molar-refractivity contribution in [2.75, 3.05) is 127 Å². The van der Waals surface area contributed by atoms with Crippen molar-refractivity contribution in [2.24, 2.45) is 5.73 Å². The Morgan fingerprint density at radius 1 is 0.529 bits per heavy atom. The van der Waals surface area contributed by atoms with Crippen molar-refractivity contribution in [3.63, 3.8) is 0 Å². The highest BCUT2D eigenvalue weighted by molar-refractivity contribution is 7.90. The number of benzene rings is 4. The first-order valence-electron chi connectivity index (χ1n) is 22.5. The molecule has 0 atom stereocenters. The third-order valence-corrected chi connectivity index (χ3v) is 18.3. The Kier molecular flexibility index (Phi) is 20.0. The van der Waals surface area contributed by atoms with Crippen LogP contribution in [-0.4, -0.2) is 191 Å². The highest BCUT2D eigenvalue weighted by Crippen LogP contribution is 2.25. The quantitative estimate of drug-likeness (QED) is 0.0928. The Balaban J connectivity index is 0.000000261. The van der Waals surface area contributed by atoms with Gasteiger partial charge >= 0.3 is 26.4 Å². The molecule has 384 valence electrons. The first-order valence-corrected chi connectivity index (χ1v) is 29.0. The van der Waals surface area contributed by atoms with Gasteiger partial charge in [0.2, 0.25) is 20.0 Å². The average Bonchev–Trinajstić information content (AvgIpc) is 3.35. The van der Waals surface area contributed by atoms with Crippen LogP contribution < -0.4 is 14.3 Å². The minimum absolute atomic E-state index is 0.0854. The fraction of sp³-hybridized carbons (Fsp3) is 0.435. The van der Waals surface area contributed by atoms with E-state index < -0.39 is 46.4 Å². The van der Waals surface area contributed by atoms with Gasteiger partial charge in [0.05, 0.1) is 56.2 Å². The number of nitrogens with zero attached hydrogens (tertiary/aromatic N) is 8. The van der Waals surface area contributed by atoms with E-state index in [-0.39, 0.29) is 38.5 Å². The van der Waals surface area contributed by atoms with Gasteiger partial charge in [-0.2, -0.15) is 34.1 Å². The second-order valence-electron chi connectivity index (χ2n) is 16.9. The molecule has 4 aromatic carbocycles. The molecule has 0 bridgehead atoms. The third-order valence-electron chi connectivity index (χ3n) is 12.0. The smallest absolute Gasteiger partial charge is 0.337 e. The largest absolute Gasteiger partial charge is 0.465 e. The topological polar surface area (TPSA) is 232 Å². The molecule has 70 heavy (non-hydrogen) atoms. The Morgan fingerprint density at radius 2 is 0.871 bits per heavy atom. The average molecular weight is 1050 g/mol. The predicted octanol–water partition coefficient (Wildman–Crippen LogP) is 1.82. The molecule has 2 fully saturated rings. The monoisotopic (exact) mass is 1050 g/mol. The SMILES string of the molecule is CN(CCN1CCN(S(C)(=O)=O)CC1)S(=O)(=O)N(Cc1ccc(C(=O)CN)cc1)c1ccccc1.COC(=O)c1ccc(CN(c2ccccc2)S(=O)(=O)N(C)CCN2CCN(S(C)(=O)=O)CC2)cc1. The maximum atomic E-state index is 13.6. The number of piperazine rings is 2. The highest BCUT2D eigenvalue weighted by atomic mass is 32.2. The van der Waals surface area contributed by atoms with E-state index in [4.69, 9.17) is 10.5 Å². The normalized spacial score (nSPS) is 15.8. The van der Waals surface area contributed by atoms with E-state index in [1.807, 2.05) is 12.1 Å². The van der Waals surface area contributed by atoms with E-state index >= 15 is 0 Å². The van der Waals surface area contributed by atoms with Crippen LogP contribution in [0.1, 0.15) is 31.8 Å². The fourth-order valence-electron chi connectivity index (χ4n) is 7.61. The zero-order valence-corrected chi connectivity index (χ0v) is 43.5. The summed E-state index contributed by atoms with van der Waals surface area (Å²) in [6.45, 7) is 5.39. The fourth-order valence-corrected chi connectivity index (χ4v) is 12.0. The van der Waals surface area contributed by atoms with Crippen LogP contribution in [-0.2, 0) is 58.3 Å². The number of esters is 1. The van der Waals surface area contributed by atoms with Crippen LogP contribution in [0, 0.1) is 0 Å². The molecule has 4 aromatic rings. The van der Waals surface area contributed by atoms with Crippen molar-refractivity contribution >= 4 is 63.6 Å². The lowest BCUT2D eigenvalue weighted by molar-refractivity contribution is 0.0600. The van der Waals surface area contributed by atoms with E-state index in [1.165, 1.54) is 45.5 Å². The number of sulfonamides is 2. The summed E-state index contributed by atoms with van der Waals surface area (Å²) in [5, 5.41) is 0. The van der Waals surface area contributed by atoms with E-state index in [9.17, 15) is 43.3 Å². The minimum atomic E-state index is -3.88. The van der Waals surface area contributed by atoms with Gasteiger partial charge in [0.1, 0.15) is 0 Å². The number of carbonyl (C=O) groups excluding carboxylic acids is 2. The van der Waals surface area contributed by atoms with Crippen molar-refractivity contribution in [2.45, 2.75) is 13.1 Å². The predicted molar refractivity (Wildman–Crippen MR) is 272 cm³/mol. The lowest BCUT2D eigenvalue weighted by Crippen LogP contribution is -2.51. The molecule has 0 amide bonds. The van der Waals surface area contributed by atoms with E-state index in [0.717, 1.165) is 11.1 Å². The summed E-state index contributed by atoms with van der Waals surface area (Å²) in [5.41, 5.74) is 8.80. The molecule has 24 heteroatoms. The number of hydrogen-bond acceptors (Lipinski definition) is 14. The zero-order chi connectivity index (χ0) is 51.3. The number of carbonyl (C=O) groups is 2. The van der Waals surface area contributed by atoms with Crippen LogP contribution in [0.15, 0.2) is 109 Å². The standard InChI is InChI=1S/C23H33N5O5S2.C23H32N4O6S2/c1-25(12-13-26-14-16-27(17-15-26)34(2,30)31)35(32,33)28(22-6-4-3-5-7-22)19-20-8-10-21(11-9-20)23(29)18-24;1-24(13-14-25-15-17-26(18-16-25)34(3,29)30)35(31,32)27(22-7-5-4-6-8-22)19-20-9-11-21(12-10-20)23(28)33-2/h3-11H,12-19,24H2,1-2H3;4-12H,13-19H2,1-3H3. The van der Waals surface area contributed by atoms with Crippen molar-refractivity contribution in [3.8, 4) is 0 Å². The molecular formula is C46H65N9O11S4. The van der Waals surface area contributed by atoms with Crippen LogP contribution in [0.5, 0.6) is 0 Å². The number of methoxy groups -OCH3 is 1. The zero-order valence-electron chi connectivity index (χ0n) is 40.3. The van der Waals surface area contributed by atoms with E-state index in [0.29, 0.717) is 87.9 Å². The second-order valence-corrected chi connectivity index (χ2v) is 24.7. The maximum Gasteiger partial charge on any atom is 0.337 e. The number of Topliss-reactive ketones (excluding diaryl/α,β-unsaturated/α-hetero) is 1. The Hall–Kier alpha value is -4.86. The van der Waals surface area contributed by atoms with Crippen molar-refractivity contribution in [1.82, 2.24) is 27.0 Å². The van der Waals surface area contributed by atoms with Gasteiger partial charge in [-0.25, -0.2) is 21.6 Å². The van der Waals surface area contributed by atoms with Gasteiger partial charge < -0.3 is 10.5 Å². The molecule has 0 saturated carbocycles. The molecule has 20 nitrogen and oxygen atoms in total. The van der Waals surface area contributed by atoms with Crippen LogP contribution in [0.3, 0.4) is 0 Å². The van der Waals surface area contributed by atoms with Gasteiger partial charge in [-0.3, -0.25) is 23.2 Å². The van der Waals surface area contributed by atoms with E-state index in [2.05, 4.69) is 9.80 Å². The van der Waals surface area contributed by atoms with Gasteiger partial charge in [0.25, 0.3) is 0 Å². The van der Waals surface area contributed by atoms with Gasteiger partial charge in [0, 0.05) is 98.2 Å². The molecule has 0 unspecified atom stereocenters. The number of ketones is 1. The Morgan fingerprint density at radius 3 is 1.19 bits per heavy atom. The molecular weight excluding hydrogens is 983 g/mol. The first-order chi connectivity index (χ1) is 33.0. The van der Waals surface area contributed by atoms with Crippen LogP contribution in [0.4, 0.5) is 11.4 Å². The molecule has 0 spiro atoms.